The molecule has 1 aromatic carbocycles. The maximum atomic E-state index is 12.6. The van der Waals surface area contributed by atoms with E-state index in [1.807, 2.05) is 14.1 Å². The molecule has 3 rings (SSSR count). The molecule has 0 N–H and O–H groups in total. The summed E-state index contributed by atoms with van der Waals surface area (Å²) in [6, 6.07) is 8.63. The number of benzene rings is 1. The molecular formula is C17H16N2O3. The lowest BCUT2D eigenvalue weighted by molar-refractivity contribution is 0.0957. The number of hydrogen-bond donors (Lipinski definition) is 0. The zero-order valence-corrected chi connectivity index (χ0v) is 12.7. The first-order valence-corrected chi connectivity index (χ1v) is 6.98. The van der Waals surface area contributed by atoms with E-state index < -0.39 is 0 Å². The molecule has 0 aliphatic heterocycles. The molecule has 5 nitrogen and oxygen atoms in total. The molecule has 22 heavy (non-hydrogen) atoms. The van der Waals surface area contributed by atoms with Crippen molar-refractivity contribution in [1.29, 1.82) is 0 Å². The Hall–Kier alpha value is -2.53. The van der Waals surface area contributed by atoms with E-state index in [0.717, 1.165) is 0 Å². The zero-order chi connectivity index (χ0) is 15.9. The fourth-order valence-electron chi connectivity index (χ4n) is 2.47. The van der Waals surface area contributed by atoms with Crippen LogP contribution in [0.25, 0.3) is 22.1 Å². The third-order valence-corrected chi connectivity index (χ3v) is 3.52. The van der Waals surface area contributed by atoms with Gasteiger partial charge in [0.05, 0.1) is 23.0 Å². The van der Waals surface area contributed by atoms with Gasteiger partial charge in [0.15, 0.2) is 5.78 Å². The van der Waals surface area contributed by atoms with Crippen LogP contribution in [0, 0.1) is 6.92 Å². The number of likely N-dealkylation sites (N-methyl/N-ethyl adjacent to an activating group) is 1. The average molecular weight is 296 g/mol. The molecule has 0 aliphatic carbocycles. The first-order valence-electron chi connectivity index (χ1n) is 6.98. The number of aromatic nitrogens is 1. The average Bonchev–Trinajstić information content (AvgIpc) is 2.46. The molecule has 0 saturated carbocycles. The number of nitrogens with zero attached hydrogens (tertiary/aromatic N) is 2. The van der Waals surface area contributed by atoms with Gasteiger partial charge in [-0.3, -0.25) is 9.59 Å². The molecule has 112 valence electrons. The summed E-state index contributed by atoms with van der Waals surface area (Å²) in [5.74, 6) is -0.0653. The van der Waals surface area contributed by atoms with Crippen molar-refractivity contribution in [2.24, 2.45) is 0 Å². The van der Waals surface area contributed by atoms with Crippen LogP contribution < -0.4 is 5.43 Å². The number of carbonyl (C=O) groups excluding carboxylic acids is 1. The van der Waals surface area contributed by atoms with Crippen LogP contribution in [-0.4, -0.2) is 36.3 Å². The Labute approximate surface area is 127 Å². The highest BCUT2D eigenvalue weighted by Gasteiger charge is 2.16. The van der Waals surface area contributed by atoms with E-state index in [1.165, 1.54) is 0 Å². The summed E-state index contributed by atoms with van der Waals surface area (Å²) < 4.78 is 5.69. The molecule has 0 unspecified atom stereocenters. The number of pyridine rings is 1. The van der Waals surface area contributed by atoms with Crippen molar-refractivity contribution in [2.45, 2.75) is 6.92 Å². The Balaban J connectivity index is 2.28. The van der Waals surface area contributed by atoms with Crippen molar-refractivity contribution in [3.8, 4) is 0 Å². The predicted molar refractivity (Wildman–Crippen MR) is 85.4 cm³/mol. The number of rotatable bonds is 3. The van der Waals surface area contributed by atoms with E-state index in [4.69, 9.17) is 4.42 Å². The summed E-state index contributed by atoms with van der Waals surface area (Å²) >= 11 is 0. The SMILES string of the molecule is Cc1nc2oc3ccccc3c(=O)c2cc1C(=O)CN(C)C. The fourth-order valence-corrected chi connectivity index (χ4v) is 2.47. The fraction of sp³-hybridized carbons (Fsp3) is 0.235. The molecular weight excluding hydrogens is 280 g/mol. The van der Waals surface area contributed by atoms with Gasteiger partial charge in [-0.15, -0.1) is 0 Å². The van der Waals surface area contributed by atoms with Crippen LogP contribution in [0.2, 0.25) is 0 Å². The Bertz CT molecular complexity index is 942. The van der Waals surface area contributed by atoms with Crippen LogP contribution in [0.5, 0.6) is 0 Å². The highest BCUT2D eigenvalue weighted by Crippen LogP contribution is 2.19. The normalized spacial score (nSPS) is 11.5. The Morgan fingerprint density at radius 2 is 1.95 bits per heavy atom. The highest BCUT2D eigenvalue weighted by molar-refractivity contribution is 6.01. The first-order chi connectivity index (χ1) is 10.5. The number of para-hydroxylation sites is 1. The van der Waals surface area contributed by atoms with E-state index in [9.17, 15) is 9.59 Å². The Morgan fingerprint density at radius 1 is 1.23 bits per heavy atom. The minimum Gasteiger partial charge on any atom is -0.437 e. The molecule has 0 atom stereocenters. The maximum Gasteiger partial charge on any atom is 0.230 e. The first kappa shape index (κ1) is 14.4. The molecule has 0 aliphatic rings. The Kier molecular flexibility index (Phi) is 3.50. The van der Waals surface area contributed by atoms with Crippen LogP contribution in [0.4, 0.5) is 0 Å². The van der Waals surface area contributed by atoms with Crippen LogP contribution in [0.1, 0.15) is 16.1 Å². The molecule has 0 radical (unpaired) electrons. The van der Waals surface area contributed by atoms with E-state index in [2.05, 4.69) is 4.98 Å². The third-order valence-electron chi connectivity index (χ3n) is 3.52. The second-order valence-electron chi connectivity index (χ2n) is 5.56. The second-order valence-corrected chi connectivity index (χ2v) is 5.56. The van der Waals surface area contributed by atoms with Crippen LogP contribution >= 0.6 is 0 Å². The van der Waals surface area contributed by atoms with Gasteiger partial charge in [0, 0.05) is 5.56 Å². The topological polar surface area (TPSA) is 63.4 Å². The minimum absolute atomic E-state index is 0.0653. The van der Waals surface area contributed by atoms with Crippen molar-refractivity contribution in [3.05, 3.63) is 51.8 Å². The predicted octanol–water partition coefficient (Wildman–Crippen LogP) is 2.39. The van der Waals surface area contributed by atoms with Gasteiger partial charge in [-0.05, 0) is 39.2 Å². The molecule has 2 heterocycles. The number of ketones is 1. The van der Waals surface area contributed by atoms with Gasteiger partial charge >= 0.3 is 0 Å². The van der Waals surface area contributed by atoms with E-state index in [-0.39, 0.29) is 23.5 Å². The smallest absolute Gasteiger partial charge is 0.230 e. The summed E-state index contributed by atoms with van der Waals surface area (Å²) in [7, 11) is 3.65. The van der Waals surface area contributed by atoms with Crippen molar-refractivity contribution in [2.75, 3.05) is 20.6 Å². The van der Waals surface area contributed by atoms with Crippen molar-refractivity contribution >= 4 is 27.9 Å². The second kappa shape index (κ2) is 5.35. The van der Waals surface area contributed by atoms with E-state index in [1.54, 1.807) is 42.2 Å². The van der Waals surface area contributed by atoms with Gasteiger partial charge in [0.1, 0.15) is 5.58 Å². The maximum absolute atomic E-state index is 12.6. The highest BCUT2D eigenvalue weighted by atomic mass is 16.3. The summed E-state index contributed by atoms with van der Waals surface area (Å²) in [6.07, 6.45) is 0. The summed E-state index contributed by atoms with van der Waals surface area (Å²) in [6.45, 7) is 2.02. The summed E-state index contributed by atoms with van der Waals surface area (Å²) in [5, 5.41) is 0.832. The van der Waals surface area contributed by atoms with Gasteiger partial charge in [0.2, 0.25) is 11.1 Å². The van der Waals surface area contributed by atoms with Gasteiger partial charge in [-0.25, -0.2) is 4.98 Å². The van der Waals surface area contributed by atoms with Gasteiger partial charge in [-0.1, -0.05) is 12.1 Å². The third kappa shape index (κ3) is 2.40. The summed E-state index contributed by atoms with van der Waals surface area (Å²) in [5.41, 5.74) is 1.63. The van der Waals surface area contributed by atoms with Crippen LogP contribution in [-0.2, 0) is 0 Å². The van der Waals surface area contributed by atoms with Gasteiger partial charge < -0.3 is 9.32 Å². The Morgan fingerprint density at radius 3 is 2.68 bits per heavy atom. The molecule has 0 spiro atoms. The van der Waals surface area contributed by atoms with E-state index in [0.29, 0.717) is 27.6 Å². The van der Waals surface area contributed by atoms with Crippen molar-refractivity contribution < 1.29 is 9.21 Å². The number of aryl methyl sites for hydroxylation is 1. The van der Waals surface area contributed by atoms with Gasteiger partial charge in [-0.2, -0.15) is 0 Å². The van der Waals surface area contributed by atoms with Crippen molar-refractivity contribution in [1.82, 2.24) is 9.88 Å². The molecule has 2 aromatic heterocycles. The lowest BCUT2D eigenvalue weighted by atomic mass is 10.1. The monoisotopic (exact) mass is 296 g/mol. The molecule has 5 heteroatoms. The lowest BCUT2D eigenvalue weighted by Crippen LogP contribution is -2.22. The summed E-state index contributed by atoms with van der Waals surface area (Å²) in [4.78, 5) is 31.0. The zero-order valence-electron chi connectivity index (χ0n) is 12.7. The number of carbonyl (C=O) groups is 1. The van der Waals surface area contributed by atoms with Crippen LogP contribution in [0.3, 0.4) is 0 Å². The quantitative estimate of drug-likeness (QED) is 0.548. The lowest BCUT2D eigenvalue weighted by Gasteiger charge is -2.10. The van der Waals surface area contributed by atoms with Gasteiger partial charge in [0.25, 0.3) is 0 Å². The van der Waals surface area contributed by atoms with E-state index >= 15 is 0 Å². The van der Waals surface area contributed by atoms with Crippen molar-refractivity contribution in [3.63, 3.8) is 0 Å². The minimum atomic E-state index is -0.164. The molecule has 3 aromatic rings. The largest absolute Gasteiger partial charge is 0.437 e. The number of hydrogen-bond acceptors (Lipinski definition) is 5. The molecule has 0 saturated heterocycles. The molecule has 0 amide bonds. The molecule has 0 bridgehead atoms. The molecule has 0 fully saturated rings. The van der Waals surface area contributed by atoms with Crippen LogP contribution in [0.15, 0.2) is 39.5 Å². The standard InChI is InChI=1S/C17H16N2O3/c1-10-12(14(20)9-19(2)3)8-13-16(21)11-6-4-5-7-15(11)22-17(13)18-10/h4-8H,9H2,1-3H3. The number of fused-ring (bicyclic) bond motifs is 2. The number of Topliss-reactive ketones (excluding diaryl/α,β-unsaturated/α-hetero) is 1.